The number of aromatic amines is 1. The summed E-state index contributed by atoms with van der Waals surface area (Å²) < 4.78 is 46.8. The van der Waals surface area contributed by atoms with Crippen molar-refractivity contribution < 1.29 is 17.9 Å². The van der Waals surface area contributed by atoms with Gasteiger partial charge in [-0.3, -0.25) is 9.69 Å². The molecule has 1 fully saturated rings. The fourth-order valence-electron chi connectivity index (χ4n) is 3.36. The van der Waals surface area contributed by atoms with Gasteiger partial charge in [-0.05, 0) is 6.92 Å². The highest BCUT2D eigenvalue weighted by molar-refractivity contribution is 6.32. The monoisotopic (exact) mass is 431 g/mol. The predicted octanol–water partition coefficient (Wildman–Crippen LogP) is 2.39. The number of nitrogens with zero attached hydrogens (tertiary/aromatic N) is 3. The number of rotatable bonds is 6. The summed E-state index contributed by atoms with van der Waals surface area (Å²) in [5.41, 5.74) is 0.246. The SMILES string of the molecule is COc1c(F)c(F)c(F)c(C)c1N1CCN(CCNc2cn[nH]c(=O)c2Cl)CC1. The topological polar surface area (TPSA) is 73.5 Å². The maximum Gasteiger partial charge on any atom is 0.285 e. The van der Waals surface area contributed by atoms with Gasteiger partial charge in [-0.1, -0.05) is 11.6 Å². The van der Waals surface area contributed by atoms with Crippen LogP contribution < -0.4 is 20.5 Å². The minimum absolute atomic E-state index is 0.0207. The van der Waals surface area contributed by atoms with Crippen molar-refractivity contribution in [2.45, 2.75) is 6.92 Å². The normalized spacial score (nSPS) is 14.9. The molecule has 0 radical (unpaired) electrons. The number of hydrogen-bond acceptors (Lipinski definition) is 6. The molecule has 7 nitrogen and oxygen atoms in total. The number of H-pyrrole nitrogens is 1. The largest absolute Gasteiger partial charge is 0.491 e. The van der Waals surface area contributed by atoms with E-state index in [2.05, 4.69) is 20.4 Å². The van der Waals surface area contributed by atoms with Gasteiger partial charge >= 0.3 is 0 Å². The number of aromatic nitrogens is 2. The van der Waals surface area contributed by atoms with Crippen molar-refractivity contribution >= 4 is 23.0 Å². The highest BCUT2D eigenvalue weighted by Gasteiger charge is 2.28. The van der Waals surface area contributed by atoms with Crippen LogP contribution in [0.4, 0.5) is 24.5 Å². The molecular formula is C18H21ClF3N5O2. The third kappa shape index (κ3) is 4.27. The van der Waals surface area contributed by atoms with Crippen LogP contribution in [-0.2, 0) is 0 Å². The van der Waals surface area contributed by atoms with E-state index in [0.717, 1.165) is 0 Å². The molecule has 1 aliphatic rings. The van der Waals surface area contributed by atoms with Crippen LogP contribution in [0.25, 0.3) is 0 Å². The molecule has 11 heteroatoms. The van der Waals surface area contributed by atoms with E-state index in [1.54, 1.807) is 4.90 Å². The molecule has 0 atom stereocenters. The van der Waals surface area contributed by atoms with Crippen molar-refractivity contribution in [3.63, 3.8) is 0 Å². The van der Waals surface area contributed by atoms with Gasteiger partial charge in [0.05, 0.1) is 24.7 Å². The molecule has 2 N–H and O–H groups in total. The fraction of sp³-hybridized carbons (Fsp3) is 0.444. The van der Waals surface area contributed by atoms with Crippen LogP contribution in [0.5, 0.6) is 5.75 Å². The van der Waals surface area contributed by atoms with Gasteiger partial charge in [0.15, 0.2) is 17.4 Å². The van der Waals surface area contributed by atoms with Crippen LogP contribution in [0.15, 0.2) is 11.0 Å². The molecule has 1 aromatic carbocycles. The molecular weight excluding hydrogens is 411 g/mol. The van der Waals surface area contributed by atoms with Crippen LogP contribution in [0, 0.1) is 24.4 Å². The van der Waals surface area contributed by atoms with Crippen molar-refractivity contribution in [2.75, 3.05) is 56.6 Å². The average Bonchev–Trinajstić information content (AvgIpc) is 2.72. The van der Waals surface area contributed by atoms with Crippen molar-refractivity contribution in [1.82, 2.24) is 15.1 Å². The van der Waals surface area contributed by atoms with Crippen molar-refractivity contribution in [1.29, 1.82) is 0 Å². The molecule has 2 heterocycles. The first kappa shape index (κ1) is 21.3. The quantitative estimate of drug-likeness (QED) is 0.684. The summed E-state index contributed by atoms with van der Waals surface area (Å²) in [6, 6.07) is 0. The Labute approximate surface area is 170 Å². The zero-order valence-corrected chi connectivity index (χ0v) is 16.7. The second-order valence-corrected chi connectivity index (χ2v) is 7.01. The van der Waals surface area contributed by atoms with E-state index in [1.807, 2.05) is 0 Å². The van der Waals surface area contributed by atoms with Gasteiger partial charge in [0, 0.05) is 44.8 Å². The van der Waals surface area contributed by atoms with Gasteiger partial charge in [-0.15, -0.1) is 0 Å². The first-order chi connectivity index (χ1) is 13.8. The van der Waals surface area contributed by atoms with Crippen molar-refractivity contribution in [3.8, 4) is 5.75 Å². The summed E-state index contributed by atoms with van der Waals surface area (Å²) in [7, 11) is 1.23. The van der Waals surface area contributed by atoms with E-state index in [1.165, 1.54) is 20.2 Å². The minimum Gasteiger partial charge on any atom is -0.491 e. The number of ether oxygens (including phenoxy) is 1. The van der Waals surface area contributed by atoms with Crippen LogP contribution in [0.1, 0.15) is 5.56 Å². The Morgan fingerprint density at radius 1 is 1.21 bits per heavy atom. The number of anilines is 2. The van der Waals surface area contributed by atoms with E-state index in [0.29, 0.717) is 45.0 Å². The van der Waals surface area contributed by atoms with E-state index < -0.39 is 23.0 Å². The molecule has 0 aliphatic carbocycles. The Bertz CT molecular complexity index is 948. The highest BCUT2D eigenvalue weighted by atomic mass is 35.5. The van der Waals surface area contributed by atoms with Crippen molar-refractivity contribution in [3.05, 3.63) is 44.6 Å². The van der Waals surface area contributed by atoms with E-state index in [-0.39, 0.29) is 22.0 Å². The molecule has 1 aromatic heterocycles. The summed E-state index contributed by atoms with van der Waals surface area (Å²) in [6.45, 7) is 4.86. The Hall–Kier alpha value is -2.46. The lowest BCUT2D eigenvalue weighted by Crippen LogP contribution is -2.48. The van der Waals surface area contributed by atoms with Gasteiger partial charge in [0.25, 0.3) is 5.56 Å². The molecule has 3 rings (SSSR count). The third-order valence-electron chi connectivity index (χ3n) is 4.92. The summed E-state index contributed by atoms with van der Waals surface area (Å²) in [5.74, 6) is -4.33. The van der Waals surface area contributed by atoms with Gasteiger partial charge in [-0.25, -0.2) is 13.9 Å². The second-order valence-electron chi connectivity index (χ2n) is 6.63. The molecule has 0 bridgehead atoms. The minimum atomic E-state index is -1.53. The molecule has 158 valence electrons. The number of halogens is 4. The van der Waals surface area contributed by atoms with Gasteiger partial charge < -0.3 is 15.0 Å². The second kappa shape index (κ2) is 8.91. The fourth-order valence-corrected chi connectivity index (χ4v) is 3.51. The van der Waals surface area contributed by atoms with Crippen molar-refractivity contribution in [2.24, 2.45) is 0 Å². The third-order valence-corrected chi connectivity index (χ3v) is 5.29. The van der Waals surface area contributed by atoms with Crippen LogP contribution in [-0.4, -0.2) is 61.5 Å². The standard InChI is InChI=1S/C18H21ClF3N5O2/c1-10-13(20)14(21)15(22)17(29-2)16(10)27-7-5-26(6-8-27)4-3-23-11-9-24-25-18(28)12(11)19/h9H,3-8H2,1-2H3,(H2,23,25,28). The number of piperazine rings is 1. The summed E-state index contributed by atoms with van der Waals surface area (Å²) in [6.07, 6.45) is 1.44. The lowest BCUT2D eigenvalue weighted by molar-refractivity contribution is 0.265. The van der Waals surface area contributed by atoms with Gasteiger partial charge in [0.1, 0.15) is 5.02 Å². The zero-order chi connectivity index (χ0) is 21.1. The smallest absolute Gasteiger partial charge is 0.285 e. The van der Waals surface area contributed by atoms with E-state index in [4.69, 9.17) is 16.3 Å². The molecule has 0 spiro atoms. The number of hydrogen-bond donors (Lipinski definition) is 2. The van der Waals surface area contributed by atoms with Crippen LogP contribution in [0.3, 0.4) is 0 Å². The molecule has 29 heavy (non-hydrogen) atoms. The Balaban J connectivity index is 1.61. The summed E-state index contributed by atoms with van der Waals surface area (Å²) >= 11 is 5.92. The first-order valence-corrected chi connectivity index (χ1v) is 9.38. The van der Waals surface area contributed by atoms with E-state index >= 15 is 0 Å². The van der Waals surface area contributed by atoms with Gasteiger partial charge in [0.2, 0.25) is 5.82 Å². The Morgan fingerprint density at radius 2 is 1.90 bits per heavy atom. The molecule has 0 unspecified atom stereocenters. The maximum atomic E-state index is 14.1. The van der Waals surface area contributed by atoms with Gasteiger partial charge in [-0.2, -0.15) is 9.49 Å². The number of methoxy groups -OCH3 is 1. The lowest BCUT2D eigenvalue weighted by atomic mass is 10.1. The Kier molecular flexibility index (Phi) is 6.53. The summed E-state index contributed by atoms with van der Waals surface area (Å²) in [5, 5.41) is 9.05. The molecule has 0 amide bonds. The molecule has 1 saturated heterocycles. The number of benzene rings is 1. The highest BCUT2D eigenvalue weighted by Crippen LogP contribution is 2.38. The molecule has 2 aromatic rings. The lowest BCUT2D eigenvalue weighted by Gasteiger charge is -2.37. The van der Waals surface area contributed by atoms with E-state index in [9.17, 15) is 18.0 Å². The Morgan fingerprint density at radius 3 is 2.55 bits per heavy atom. The van der Waals surface area contributed by atoms with Crippen LogP contribution >= 0.6 is 11.6 Å². The maximum absolute atomic E-state index is 14.1. The number of nitrogens with one attached hydrogen (secondary N) is 2. The summed E-state index contributed by atoms with van der Waals surface area (Å²) in [4.78, 5) is 15.4. The zero-order valence-electron chi connectivity index (χ0n) is 16.0. The molecule has 1 aliphatic heterocycles. The average molecular weight is 432 g/mol. The van der Waals surface area contributed by atoms with Crippen LogP contribution in [0.2, 0.25) is 5.02 Å². The molecule has 0 saturated carbocycles. The predicted molar refractivity (Wildman–Crippen MR) is 105 cm³/mol. The first-order valence-electron chi connectivity index (χ1n) is 9.00.